The first kappa shape index (κ1) is 11.8. The summed E-state index contributed by atoms with van der Waals surface area (Å²) in [6.07, 6.45) is 5.61. The monoisotopic (exact) mass is 241 g/mol. The van der Waals surface area contributed by atoms with E-state index in [0.717, 1.165) is 36.8 Å². The number of rotatable bonds is 7. The molecule has 4 nitrogen and oxygen atoms in total. The summed E-state index contributed by atoms with van der Waals surface area (Å²) in [5, 5.41) is 9.72. The van der Waals surface area contributed by atoms with Gasteiger partial charge in [0.05, 0.1) is 0 Å². The smallest absolute Gasteiger partial charge is 0.204 e. The molecule has 0 radical (unpaired) electrons. The van der Waals surface area contributed by atoms with E-state index in [9.17, 15) is 0 Å². The van der Waals surface area contributed by atoms with Gasteiger partial charge in [0.2, 0.25) is 5.13 Å². The predicted octanol–water partition coefficient (Wildman–Crippen LogP) is 2.01. The highest BCUT2D eigenvalue weighted by molar-refractivity contribution is 7.09. The van der Waals surface area contributed by atoms with Crippen molar-refractivity contribution in [3.05, 3.63) is 5.82 Å². The molecule has 0 bridgehead atoms. The molecule has 2 rings (SSSR count). The van der Waals surface area contributed by atoms with Gasteiger partial charge < -0.3 is 10.0 Å². The average Bonchev–Trinajstić information content (AvgIpc) is 3.02. The van der Waals surface area contributed by atoms with E-state index in [1.807, 2.05) is 0 Å². The molecule has 0 unspecified atom stereocenters. The second-order valence-corrected chi connectivity index (χ2v) is 5.15. The van der Waals surface area contributed by atoms with Gasteiger partial charge in [-0.15, -0.1) is 0 Å². The van der Waals surface area contributed by atoms with Crippen molar-refractivity contribution in [1.82, 2.24) is 9.36 Å². The topological polar surface area (TPSA) is 49.2 Å². The molecule has 1 aromatic rings. The first-order valence-electron chi connectivity index (χ1n) is 5.97. The Morgan fingerprint density at radius 2 is 2.19 bits per heavy atom. The number of aliphatic hydroxyl groups excluding tert-OH is 1. The van der Waals surface area contributed by atoms with E-state index in [1.54, 1.807) is 0 Å². The van der Waals surface area contributed by atoms with Crippen molar-refractivity contribution < 1.29 is 5.11 Å². The minimum Gasteiger partial charge on any atom is -0.396 e. The van der Waals surface area contributed by atoms with Gasteiger partial charge in [0.1, 0.15) is 5.82 Å². The lowest BCUT2D eigenvalue weighted by molar-refractivity contribution is 0.283. The maximum Gasteiger partial charge on any atom is 0.204 e. The summed E-state index contributed by atoms with van der Waals surface area (Å²) in [6, 6.07) is 0. The molecule has 16 heavy (non-hydrogen) atoms. The standard InChI is InChI=1S/C11H19N3OS/c1-14(7-3-2-4-8-15)11-12-10(13-16-11)9-5-6-9/h9,15H,2-8H2,1H3. The number of anilines is 1. The zero-order valence-corrected chi connectivity index (χ0v) is 10.5. The molecule has 0 saturated heterocycles. The SMILES string of the molecule is CN(CCCCCO)c1nc(C2CC2)ns1. The highest BCUT2D eigenvalue weighted by Crippen LogP contribution is 2.39. The molecule has 90 valence electrons. The van der Waals surface area contributed by atoms with Crippen LogP contribution in [0.15, 0.2) is 0 Å². The molecule has 0 aromatic carbocycles. The van der Waals surface area contributed by atoms with Gasteiger partial charge in [-0.3, -0.25) is 0 Å². The molecule has 5 heteroatoms. The molecule has 0 spiro atoms. The number of hydrogen-bond donors (Lipinski definition) is 1. The third kappa shape index (κ3) is 3.15. The van der Waals surface area contributed by atoms with Crippen LogP contribution in [0.2, 0.25) is 0 Å². The highest BCUT2D eigenvalue weighted by atomic mass is 32.1. The van der Waals surface area contributed by atoms with E-state index in [2.05, 4.69) is 21.3 Å². The highest BCUT2D eigenvalue weighted by Gasteiger charge is 2.28. The fourth-order valence-electron chi connectivity index (χ4n) is 1.62. The van der Waals surface area contributed by atoms with E-state index < -0.39 is 0 Å². The van der Waals surface area contributed by atoms with Gasteiger partial charge in [0, 0.05) is 37.6 Å². The summed E-state index contributed by atoms with van der Waals surface area (Å²) in [4.78, 5) is 6.72. The number of nitrogens with zero attached hydrogens (tertiary/aromatic N) is 3. The molecular formula is C11H19N3OS. The van der Waals surface area contributed by atoms with E-state index >= 15 is 0 Å². The van der Waals surface area contributed by atoms with E-state index in [0.29, 0.717) is 12.5 Å². The Labute approximate surface area is 100 Å². The van der Waals surface area contributed by atoms with Crippen LogP contribution in [0.25, 0.3) is 0 Å². The predicted molar refractivity (Wildman–Crippen MR) is 66.1 cm³/mol. The Morgan fingerprint density at radius 3 is 2.88 bits per heavy atom. The zero-order chi connectivity index (χ0) is 11.4. The number of unbranched alkanes of at least 4 members (excludes halogenated alkanes) is 2. The van der Waals surface area contributed by atoms with Crippen molar-refractivity contribution in [2.75, 3.05) is 25.1 Å². The molecule has 1 N–H and O–H groups in total. The van der Waals surface area contributed by atoms with Crippen LogP contribution in [0.1, 0.15) is 43.8 Å². The molecule has 0 aliphatic heterocycles. The number of aromatic nitrogens is 2. The second-order valence-electron chi connectivity index (χ2n) is 4.42. The lowest BCUT2D eigenvalue weighted by Gasteiger charge is -2.14. The third-order valence-corrected chi connectivity index (χ3v) is 3.70. The fourth-order valence-corrected chi connectivity index (χ4v) is 2.35. The summed E-state index contributed by atoms with van der Waals surface area (Å²) in [5.74, 6) is 1.69. The van der Waals surface area contributed by atoms with Crippen molar-refractivity contribution in [2.45, 2.75) is 38.0 Å². The molecule has 1 heterocycles. The van der Waals surface area contributed by atoms with Gasteiger partial charge in [-0.2, -0.15) is 4.37 Å². The first-order chi connectivity index (χ1) is 7.81. The molecule has 0 atom stereocenters. The van der Waals surface area contributed by atoms with Crippen molar-refractivity contribution in [3.8, 4) is 0 Å². The molecule has 0 amide bonds. The van der Waals surface area contributed by atoms with Gasteiger partial charge in [0.15, 0.2) is 0 Å². The molecule has 1 aromatic heterocycles. The minimum absolute atomic E-state index is 0.300. The Balaban J connectivity index is 1.76. The summed E-state index contributed by atoms with van der Waals surface area (Å²) in [6.45, 7) is 1.30. The fraction of sp³-hybridized carbons (Fsp3) is 0.818. The number of hydrogen-bond acceptors (Lipinski definition) is 5. The van der Waals surface area contributed by atoms with Crippen molar-refractivity contribution in [2.24, 2.45) is 0 Å². The summed E-state index contributed by atoms with van der Waals surface area (Å²) in [5.41, 5.74) is 0. The van der Waals surface area contributed by atoms with E-state index in [4.69, 9.17) is 5.11 Å². The molecule has 1 saturated carbocycles. The van der Waals surface area contributed by atoms with E-state index in [1.165, 1.54) is 24.4 Å². The van der Waals surface area contributed by atoms with Gasteiger partial charge in [-0.05, 0) is 32.1 Å². The Bertz CT molecular complexity index is 325. The lowest BCUT2D eigenvalue weighted by Crippen LogP contribution is -2.18. The molecule has 1 aliphatic carbocycles. The van der Waals surface area contributed by atoms with Crippen LogP contribution in [-0.2, 0) is 0 Å². The van der Waals surface area contributed by atoms with Crippen LogP contribution >= 0.6 is 11.5 Å². The van der Waals surface area contributed by atoms with Crippen molar-refractivity contribution in [1.29, 1.82) is 0 Å². The summed E-state index contributed by atoms with van der Waals surface area (Å²) in [7, 11) is 2.07. The third-order valence-electron chi connectivity index (χ3n) is 2.85. The van der Waals surface area contributed by atoms with Crippen molar-refractivity contribution >= 4 is 16.7 Å². The summed E-state index contributed by atoms with van der Waals surface area (Å²) >= 11 is 1.51. The average molecular weight is 241 g/mol. The largest absolute Gasteiger partial charge is 0.396 e. The van der Waals surface area contributed by atoms with Crippen molar-refractivity contribution in [3.63, 3.8) is 0 Å². The normalized spacial score (nSPS) is 15.4. The number of aliphatic hydroxyl groups is 1. The zero-order valence-electron chi connectivity index (χ0n) is 9.72. The van der Waals surface area contributed by atoms with Crippen LogP contribution in [-0.4, -0.2) is 34.7 Å². The molecule has 1 aliphatic rings. The van der Waals surface area contributed by atoms with Crippen LogP contribution in [0.5, 0.6) is 0 Å². The Hall–Kier alpha value is -0.680. The molecule has 1 fully saturated rings. The quantitative estimate of drug-likeness (QED) is 0.742. The molecular weight excluding hydrogens is 222 g/mol. The second kappa shape index (κ2) is 5.59. The summed E-state index contributed by atoms with van der Waals surface area (Å²) < 4.78 is 4.39. The van der Waals surface area contributed by atoms with Crippen LogP contribution in [0, 0.1) is 0 Å². The van der Waals surface area contributed by atoms with Gasteiger partial charge in [-0.25, -0.2) is 4.98 Å². The lowest BCUT2D eigenvalue weighted by atomic mass is 10.2. The maximum atomic E-state index is 8.69. The van der Waals surface area contributed by atoms with Gasteiger partial charge in [0.25, 0.3) is 0 Å². The Kier molecular flexibility index (Phi) is 4.12. The maximum absolute atomic E-state index is 8.69. The van der Waals surface area contributed by atoms with Gasteiger partial charge in [-0.1, -0.05) is 0 Å². The minimum atomic E-state index is 0.300. The van der Waals surface area contributed by atoms with E-state index in [-0.39, 0.29) is 0 Å². The van der Waals surface area contributed by atoms with Crippen LogP contribution < -0.4 is 4.90 Å². The van der Waals surface area contributed by atoms with Gasteiger partial charge >= 0.3 is 0 Å². The van der Waals surface area contributed by atoms with Crippen LogP contribution in [0.4, 0.5) is 5.13 Å². The van der Waals surface area contributed by atoms with Crippen LogP contribution in [0.3, 0.4) is 0 Å². The first-order valence-corrected chi connectivity index (χ1v) is 6.74. The Morgan fingerprint density at radius 1 is 1.38 bits per heavy atom.